The molecule has 0 aliphatic carbocycles. The van der Waals surface area contributed by atoms with Crippen molar-refractivity contribution >= 4 is 21.6 Å². The van der Waals surface area contributed by atoms with Crippen molar-refractivity contribution in [2.45, 2.75) is 30.7 Å². The van der Waals surface area contributed by atoms with E-state index in [1.54, 1.807) is 13.0 Å². The molecule has 1 aliphatic heterocycles. The third kappa shape index (κ3) is 4.64. The normalized spacial score (nSPS) is 16.9. The number of benzene rings is 2. The quantitative estimate of drug-likeness (QED) is 0.706. The summed E-state index contributed by atoms with van der Waals surface area (Å²) in [6, 6.07) is 10.0. The number of sulfonamides is 1. The topological polar surface area (TPSA) is 87.3 Å². The Hall–Kier alpha value is -2.45. The summed E-state index contributed by atoms with van der Waals surface area (Å²) in [7, 11) is -4.02. The van der Waals surface area contributed by atoms with Gasteiger partial charge in [-0.1, -0.05) is 18.2 Å². The second-order valence-corrected chi connectivity index (χ2v) is 8.25. The highest BCUT2D eigenvalue weighted by Crippen LogP contribution is 2.21. The second kappa shape index (κ2) is 8.06. The maximum Gasteiger partial charge on any atom is 0.262 e. The highest BCUT2D eigenvalue weighted by Gasteiger charge is 2.20. The molecule has 3 rings (SSSR count). The first-order chi connectivity index (χ1) is 12.9. The number of carbonyl (C=O) groups excluding carboxylic acids is 1. The number of carbonyl (C=O) groups is 1. The van der Waals surface area contributed by atoms with Gasteiger partial charge in [0.05, 0.1) is 10.6 Å². The molecule has 1 fully saturated rings. The van der Waals surface area contributed by atoms with Gasteiger partial charge in [-0.25, -0.2) is 12.8 Å². The van der Waals surface area contributed by atoms with E-state index in [4.69, 9.17) is 0 Å². The molecule has 1 heterocycles. The first-order valence-corrected chi connectivity index (χ1v) is 10.2. The molecule has 0 aromatic heterocycles. The molecule has 0 radical (unpaired) electrons. The van der Waals surface area contributed by atoms with Crippen molar-refractivity contribution in [3.05, 3.63) is 59.4 Å². The zero-order valence-electron chi connectivity index (χ0n) is 15.0. The van der Waals surface area contributed by atoms with Gasteiger partial charge in [0.1, 0.15) is 5.82 Å². The Morgan fingerprint density at radius 3 is 2.74 bits per heavy atom. The molecular formula is C19H22FN3O3S. The Balaban J connectivity index is 1.79. The minimum Gasteiger partial charge on any atom is -0.350 e. The van der Waals surface area contributed by atoms with Gasteiger partial charge in [0.15, 0.2) is 0 Å². The Morgan fingerprint density at radius 2 is 2.04 bits per heavy atom. The summed E-state index contributed by atoms with van der Waals surface area (Å²) in [4.78, 5) is 12.4. The lowest BCUT2D eigenvalue weighted by Crippen LogP contribution is -2.37. The number of hydrogen-bond acceptors (Lipinski definition) is 4. The second-order valence-electron chi connectivity index (χ2n) is 6.57. The van der Waals surface area contributed by atoms with Crippen LogP contribution in [0, 0.1) is 12.7 Å². The van der Waals surface area contributed by atoms with Crippen LogP contribution in [0.1, 0.15) is 28.8 Å². The molecule has 1 amide bonds. The molecule has 1 atom stereocenters. The molecule has 1 unspecified atom stereocenters. The largest absolute Gasteiger partial charge is 0.350 e. The molecule has 6 nitrogen and oxygen atoms in total. The molecule has 2 aromatic carbocycles. The third-order valence-electron chi connectivity index (χ3n) is 4.55. The lowest BCUT2D eigenvalue weighted by Gasteiger charge is -2.14. The van der Waals surface area contributed by atoms with Crippen LogP contribution in [0.5, 0.6) is 0 Å². The Bertz CT molecular complexity index is 941. The summed E-state index contributed by atoms with van der Waals surface area (Å²) in [6.07, 6.45) is 2.08. The molecule has 144 valence electrons. The monoisotopic (exact) mass is 391 g/mol. The van der Waals surface area contributed by atoms with Gasteiger partial charge in [-0.3, -0.25) is 9.52 Å². The molecular weight excluding hydrogens is 369 g/mol. The molecule has 27 heavy (non-hydrogen) atoms. The summed E-state index contributed by atoms with van der Waals surface area (Å²) in [5, 5.41) is 6.13. The predicted octanol–water partition coefficient (Wildman–Crippen LogP) is 2.42. The molecule has 3 N–H and O–H groups in total. The maximum atomic E-state index is 13.8. The van der Waals surface area contributed by atoms with Crippen molar-refractivity contribution in [3.63, 3.8) is 0 Å². The van der Waals surface area contributed by atoms with Crippen LogP contribution in [0.4, 0.5) is 10.1 Å². The Labute approximate surface area is 158 Å². The summed E-state index contributed by atoms with van der Waals surface area (Å²) < 4.78 is 41.2. The Kier molecular flexibility index (Phi) is 5.76. The van der Waals surface area contributed by atoms with Crippen molar-refractivity contribution in [1.82, 2.24) is 10.6 Å². The number of para-hydroxylation sites is 1. The average molecular weight is 391 g/mol. The van der Waals surface area contributed by atoms with Crippen LogP contribution in [0.25, 0.3) is 0 Å². The molecule has 8 heteroatoms. The number of aryl methyl sites for hydroxylation is 1. The molecule has 2 aromatic rings. The molecule has 0 saturated carbocycles. The van der Waals surface area contributed by atoms with E-state index in [2.05, 4.69) is 15.4 Å². The lowest BCUT2D eigenvalue weighted by molar-refractivity contribution is 0.0949. The van der Waals surface area contributed by atoms with E-state index >= 15 is 0 Å². The Morgan fingerprint density at radius 1 is 1.26 bits per heavy atom. The van der Waals surface area contributed by atoms with Gasteiger partial charge >= 0.3 is 0 Å². The summed E-state index contributed by atoms with van der Waals surface area (Å²) in [5.74, 6) is -1.00. The van der Waals surface area contributed by atoms with Crippen LogP contribution in [0.2, 0.25) is 0 Å². The number of amides is 1. The van der Waals surface area contributed by atoms with E-state index < -0.39 is 15.8 Å². The van der Waals surface area contributed by atoms with Crippen LogP contribution in [0.15, 0.2) is 47.4 Å². The van der Waals surface area contributed by atoms with Crippen molar-refractivity contribution in [2.24, 2.45) is 0 Å². The predicted molar refractivity (Wildman–Crippen MR) is 102 cm³/mol. The van der Waals surface area contributed by atoms with Gasteiger partial charge in [0.25, 0.3) is 15.9 Å². The number of anilines is 1. The molecule has 1 aliphatic rings. The van der Waals surface area contributed by atoms with Gasteiger partial charge in [-0.2, -0.15) is 0 Å². The number of hydrogen-bond donors (Lipinski definition) is 3. The van der Waals surface area contributed by atoms with E-state index in [9.17, 15) is 17.6 Å². The first-order valence-electron chi connectivity index (χ1n) is 8.76. The molecule has 0 spiro atoms. The van der Waals surface area contributed by atoms with Gasteiger partial charge in [0, 0.05) is 18.2 Å². The number of rotatable bonds is 6. The van der Waals surface area contributed by atoms with E-state index in [1.807, 2.05) is 0 Å². The van der Waals surface area contributed by atoms with E-state index in [1.165, 1.54) is 36.4 Å². The highest BCUT2D eigenvalue weighted by molar-refractivity contribution is 7.92. The zero-order chi connectivity index (χ0) is 19.4. The summed E-state index contributed by atoms with van der Waals surface area (Å²) in [5.41, 5.74) is 0.803. The SMILES string of the molecule is Cc1ccc(S(=O)(=O)Nc2ccccc2F)cc1C(=O)NCC1CCCN1. The van der Waals surface area contributed by atoms with Crippen LogP contribution in [-0.4, -0.2) is 33.5 Å². The average Bonchev–Trinajstić information content (AvgIpc) is 3.15. The van der Waals surface area contributed by atoms with Crippen LogP contribution >= 0.6 is 0 Å². The van der Waals surface area contributed by atoms with E-state index in [0.717, 1.165) is 19.4 Å². The van der Waals surface area contributed by atoms with Gasteiger partial charge in [0.2, 0.25) is 0 Å². The summed E-state index contributed by atoms with van der Waals surface area (Å²) >= 11 is 0. The summed E-state index contributed by atoms with van der Waals surface area (Å²) in [6.45, 7) is 3.17. The maximum absolute atomic E-state index is 13.8. The van der Waals surface area contributed by atoms with Gasteiger partial charge in [-0.05, 0) is 56.1 Å². The standard InChI is InChI=1S/C19H22FN3O3S/c1-13-8-9-15(27(25,26)23-18-7-3-2-6-17(18)20)11-16(13)19(24)22-12-14-5-4-10-21-14/h2-3,6-9,11,14,21,23H,4-5,10,12H2,1H3,(H,22,24). The van der Waals surface area contributed by atoms with Gasteiger partial charge < -0.3 is 10.6 Å². The number of nitrogens with one attached hydrogen (secondary N) is 3. The minimum atomic E-state index is -4.02. The first kappa shape index (κ1) is 19.3. The van der Waals surface area contributed by atoms with E-state index in [0.29, 0.717) is 12.1 Å². The van der Waals surface area contributed by atoms with Crippen molar-refractivity contribution in [1.29, 1.82) is 0 Å². The highest BCUT2D eigenvalue weighted by atomic mass is 32.2. The molecule has 0 bridgehead atoms. The van der Waals surface area contributed by atoms with Crippen LogP contribution < -0.4 is 15.4 Å². The minimum absolute atomic E-state index is 0.0968. The van der Waals surface area contributed by atoms with Crippen LogP contribution in [-0.2, 0) is 10.0 Å². The number of halogens is 1. The van der Waals surface area contributed by atoms with Crippen molar-refractivity contribution in [2.75, 3.05) is 17.8 Å². The fourth-order valence-corrected chi connectivity index (χ4v) is 4.10. The van der Waals surface area contributed by atoms with Crippen molar-refractivity contribution in [3.8, 4) is 0 Å². The lowest BCUT2D eigenvalue weighted by atomic mass is 10.1. The fourth-order valence-electron chi connectivity index (χ4n) is 3.00. The van der Waals surface area contributed by atoms with Crippen molar-refractivity contribution < 1.29 is 17.6 Å². The third-order valence-corrected chi connectivity index (χ3v) is 5.92. The molecule has 1 saturated heterocycles. The smallest absolute Gasteiger partial charge is 0.262 e. The fraction of sp³-hybridized carbons (Fsp3) is 0.316. The van der Waals surface area contributed by atoms with E-state index in [-0.39, 0.29) is 28.1 Å². The zero-order valence-corrected chi connectivity index (χ0v) is 15.8. The van der Waals surface area contributed by atoms with Gasteiger partial charge in [-0.15, -0.1) is 0 Å². The van der Waals surface area contributed by atoms with Crippen LogP contribution in [0.3, 0.4) is 0 Å².